The number of fused-ring (bicyclic) bond motifs is 1. The first-order valence-electron chi connectivity index (χ1n) is 14.0. The van der Waals surface area contributed by atoms with Crippen LogP contribution in [0.3, 0.4) is 0 Å². The minimum Gasteiger partial charge on any atom is -0.496 e. The van der Waals surface area contributed by atoms with Gasteiger partial charge in [0.1, 0.15) is 5.75 Å². The molecule has 220 valence electrons. The van der Waals surface area contributed by atoms with E-state index in [9.17, 15) is 13.2 Å². The molecule has 11 heteroatoms. The zero-order valence-corrected chi connectivity index (χ0v) is 23.5. The third-order valence-electron chi connectivity index (χ3n) is 8.42. The first-order valence-corrected chi connectivity index (χ1v) is 14.0. The molecule has 0 bridgehead atoms. The Balaban J connectivity index is 1.36. The van der Waals surface area contributed by atoms with Crippen molar-refractivity contribution in [3.05, 3.63) is 101 Å². The van der Waals surface area contributed by atoms with Crippen LogP contribution < -0.4 is 4.74 Å². The van der Waals surface area contributed by atoms with Gasteiger partial charge in [0, 0.05) is 56.9 Å². The molecule has 6 rings (SSSR count). The molecule has 0 radical (unpaired) electrons. The first kappa shape index (κ1) is 28.3. The Morgan fingerprint density at radius 1 is 0.905 bits per heavy atom. The molecule has 2 aliphatic heterocycles. The Morgan fingerprint density at radius 2 is 1.60 bits per heavy atom. The lowest BCUT2D eigenvalue weighted by Gasteiger charge is -2.47. The van der Waals surface area contributed by atoms with Crippen LogP contribution in [0.1, 0.15) is 34.9 Å². The van der Waals surface area contributed by atoms with E-state index in [0.29, 0.717) is 12.3 Å². The smallest absolute Gasteiger partial charge is 0.453 e. The van der Waals surface area contributed by atoms with Crippen molar-refractivity contribution >= 4 is 0 Å². The maximum absolute atomic E-state index is 13.6. The number of tetrazole rings is 1. The van der Waals surface area contributed by atoms with Crippen LogP contribution in [-0.2, 0) is 17.5 Å². The lowest BCUT2D eigenvalue weighted by molar-refractivity contribution is -0.146. The normalized spacial score (nSPS) is 21.5. The van der Waals surface area contributed by atoms with Crippen molar-refractivity contribution in [1.29, 1.82) is 0 Å². The molecule has 2 fully saturated rings. The average Bonchev–Trinajstić information content (AvgIpc) is 3.66. The average molecular weight is 579 g/mol. The number of piperazine rings is 1. The zero-order valence-electron chi connectivity index (χ0n) is 23.5. The standard InChI is InChI=1S/C31H33F3N6O2/c1-41-26-16-25-18-38(17-23-15-24(13-14-28(23)42-2)40-30(31(32,33)34)35-36-37-40)20-27(39(25)19-26)29(21-9-5-3-6-10-21)22-11-7-4-8-12-22/h3-15,25-27,29H,16-20H2,1-2H3. The minimum atomic E-state index is -4.68. The molecule has 2 saturated heterocycles. The quantitative estimate of drug-likeness (QED) is 0.298. The minimum absolute atomic E-state index is 0.122. The lowest BCUT2D eigenvalue weighted by atomic mass is 9.82. The summed E-state index contributed by atoms with van der Waals surface area (Å²) in [5.74, 6) is -0.447. The molecule has 2 aliphatic rings. The summed E-state index contributed by atoms with van der Waals surface area (Å²) in [5, 5.41) is 10.1. The largest absolute Gasteiger partial charge is 0.496 e. The van der Waals surface area contributed by atoms with Crippen molar-refractivity contribution in [1.82, 2.24) is 30.0 Å². The van der Waals surface area contributed by atoms with Crippen molar-refractivity contribution in [2.45, 2.75) is 43.2 Å². The predicted molar refractivity (Wildman–Crippen MR) is 150 cm³/mol. The third kappa shape index (κ3) is 5.64. The molecule has 3 unspecified atom stereocenters. The summed E-state index contributed by atoms with van der Waals surface area (Å²) >= 11 is 0. The van der Waals surface area contributed by atoms with Crippen LogP contribution in [0, 0.1) is 0 Å². The number of benzene rings is 3. The molecule has 4 aromatic rings. The number of ether oxygens (including phenoxy) is 2. The summed E-state index contributed by atoms with van der Waals surface area (Å²) in [7, 11) is 3.34. The van der Waals surface area contributed by atoms with Crippen molar-refractivity contribution in [3.63, 3.8) is 0 Å². The van der Waals surface area contributed by atoms with Gasteiger partial charge in [-0.15, -0.1) is 5.10 Å². The summed E-state index contributed by atoms with van der Waals surface area (Å²) in [5.41, 5.74) is 3.48. The Bertz CT molecular complexity index is 1440. The number of methoxy groups -OCH3 is 2. The fourth-order valence-corrected chi connectivity index (χ4v) is 6.58. The number of halogens is 3. The van der Waals surface area contributed by atoms with Crippen molar-refractivity contribution in [3.8, 4) is 11.4 Å². The van der Waals surface area contributed by atoms with Gasteiger partial charge in [0.2, 0.25) is 0 Å². The molecule has 0 saturated carbocycles. The molecule has 42 heavy (non-hydrogen) atoms. The van der Waals surface area contributed by atoms with Crippen molar-refractivity contribution < 1.29 is 22.6 Å². The fraction of sp³-hybridized carbons (Fsp3) is 0.387. The van der Waals surface area contributed by atoms with Gasteiger partial charge >= 0.3 is 6.18 Å². The molecule has 3 heterocycles. The number of hydrogen-bond acceptors (Lipinski definition) is 7. The molecule has 0 amide bonds. The number of alkyl halides is 3. The van der Waals surface area contributed by atoms with E-state index in [1.165, 1.54) is 17.2 Å². The highest BCUT2D eigenvalue weighted by Crippen LogP contribution is 2.39. The highest BCUT2D eigenvalue weighted by atomic mass is 19.4. The number of nitrogens with zero attached hydrogens (tertiary/aromatic N) is 6. The van der Waals surface area contributed by atoms with E-state index in [2.05, 4.69) is 73.9 Å². The Hall–Kier alpha value is -3.80. The van der Waals surface area contributed by atoms with Crippen LogP contribution in [-0.4, -0.2) is 82.0 Å². The summed E-state index contributed by atoms with van der Waals surface area (Å²) in [4.78, 5) is 4.98. The van der Waals surface area contributed by atoms with Crippen LogP contribution in [0.25, 0.3) is 5.69 Å². The Kier molecular flexibility index (Phi) is 7.98. The van der Waals surface area contributed by atoms with Crippen molar-refractivity contribution in [2.75, 3.05) is 33.9 Å². The molecular weight excluding hydrogens is 545 g/mol. The molecular formula is C31H33F3N6O2. The van der Waals surface area contributed by atoms with Gasteiger partial charge in [-0.25, -0.2) is 0 Å². The van der Waals surface area contributed by atoms with Crippen molar-refractivity contribution in [2.24, 2.45) is 0 Å². The van der Waals surface area contributed by atoms with Gasteiger partial charge in [-0.1, -0.05) is 60.7 Å². The van der Waals surface area contributed by atoms with Crippen LogP contribution >= 0.6 is 0 Å². The monoisotopic (exact) mass is 578 g/mol. The van der Waals surface area contributed by atoms with Gasteiger partial charge in [-0.3, -0.25) is 9.80 Å². The van der Waals surface area contributed by atoms with Crippen LogP contribution in [0.5, 0.6) is 5.75 Å². The molecule has 1 aromatic heterocycles. The van der Waals surface area contributed by atoms with Gasteiger partial charge < -0.3 is 9.47 Å². The van der Waals surface area contributed by atoms with E-state index in [4.69, 9.17) is 9.47 Å². The zero-order chi connectivity index (χ0) is 29.3. The van der Waals surface area contributed by atoms with E-state index in [0.717, 1.165) is 36.3 Å². The SMILES string of the molecule is COc1ccc(-n2nnnc2C(F)(F)F)cc1CN1CC2CC(OC)CN2C(C(c2ccccc2)c2ccccc2)C1. The van der Waals surface area contributed by atoms with Gasteiger partial charge in [0.15, 0.2) is 0 Å². The summed E-state index contributed by atoms with van der Waals surface area (Å²) in [6.07, 6.45) is -3.63. The summed E-state index contributed by atoms with van der Waals surface area (Å²) < 4.78 is 52.9. The second-order valence-electron chi connectivity index (χ2n) is 10.9. The fourth-order valence-electron chi connectivity index (χ4n) is 6.58. The maximum Gasteiger partial charge on any atom is 0.453 e. The van der Waals surface area contributed by atoms with E-state index < -0.39 is 12.0 Å². The van der Waals surface area contributed by atoms with Gasteiger partial charge in [0.25, 0.3) is 5.82 Å². The van der Waals surface area contributed by atoms with Gasteiger partial charge in [0.05, 0.1) is 18.9 Å². The molecule has 3 atom stereocenters. The van der Waals surface area contributed by atoms with E-state index in [1.807, 2.05) is 12.1 Å². The maximum atomic E-state index is 13.6. The second kappa shape index (κ2) is 11.8. The second-order valence-corrected chi connectivity index (χ2v) is 10.9. The summed E-state index contributed by atoms with van der Waals surface area (Å²) in [6, 6.07) is 26.5. The predicted octanol–water partition coefficient (Wildman–Crippen LogP) is 4.80. The first-order chi connectivity index (χ1) is 20.4. The Labute approximate surface area is 242 Å². The highest BCUT2D eigenvalue weighted by molar-refractivity contribution is 5.44. The topological polar surface area (TPSA) is 68.5 Å². The molecule has 8 nitrogen and oxygen atoms in total. The number of aromatic nitrogens is 4. The number of rotatable bonds is 8. The van der Waals surface area contributed by atoms with E-state index in [1.54, 1.807) is 26.4 Å². The van der Waals surface area contributed by atoms with Crippen LogP contribution in [0.15, 0.2) is 78.9 Å². The summed E-state index contributed by atoms with van der Waals surface area (Å²) in [6.45, 7) is 2.91. The molecule has 0 spiro atoms. The van der Waals surface area contributed by atoms with Gasteiger partial charge in [-0.05, 0) is 46.2 Å². The lowest BCUT2D eigenvalue weighted by Crippen LogP contribution is -2.58. The van der Waals surface area contributed by atoms with Crippen LogP contribution in [0.4, 0.5) is 13.2 Å². The Morgan fingerprint density at radius 3 is 2.21 bits per heavy atom. The molecule has 3 aromatic carbocycles. The molecule has 0 aliphatic carbocycles. The highest BCUT2D eigenvalue weighted by Gasteiger charge is 2.45. The number of hydrogen-bond donors (Lipinski definition) is 0. The van der Waals surface area contributed by atoms with E-state index in [-0.39, 0.29) is 29.8 Å². The third-order valence-corrected chi connectivity index (χ3v) is 8.42. The van der Waals surface area contributed by atoms with E-state index >= 15 is 0 Å². The van der Waals surface area contributed by atoms with Crippen LogP contribution in [0.2, 0.25) is 0 Å². The molecule has 0 N–H and O–H groups in total. The van der Waals surface area contributed by atoms with Gasteiger partial charge in [-0.2, -0.15) is 17.9 Å².